The molecule has 100 heavy (non-hydrogen) atoms. The number of rotatable bonds is 36. The molecule has 0 bridgehead atoms. The van der Waals surface area contributed by atoms with E-state index in [0.29, 0.717) is 12.8 Å². The molecule has 12 aromatic rings. The standard InChI is InChI=1S/C82H82F10S8/c1-5-9-13-17-21-25-29-49-43-59(95-77(49)55-37-39-57(93-55)79-51(31-27-23-19-15-11-7-3)45-63(99-79)65-67(83)71(87)75(91)72(88)68(65)84)47-33-35-53-61(41-47)97-82-54-36-34-48(42-62(54)98-81(53)82)60-44-50(30-26-22-18-14-10-6-2)78(96-60)56-38-40-58(94-56)80-52(32-28-24-20-16-12-8-4)46-64(100-80)66-69(85)73(89)76(92)74(90)70(66)86/h33-46H,5-32H2,1-4H3. The highest BCUT2D eigenvalue weighted by Gasteiger charge is 2.32. The molecule has 12 rings (SSSR count). The van der Waals surface area contributed by atoms with Crippen molar-refractivity contribution in [1.82, 2.24) is 0 Å². The molecular formula is C82H82F10S8. The van der Waals surface area contributed by atoms with Crippen molar-refractivity contribution in [1.29, 1.82) is 0 Å². The quantitative estimate of drug-likeness (QED) is 0.0159. The first-order valence-electron chi connectivity index (χ1n) is 35.8. The molecule has 0 nitrogen and oxygen atoms in total. The van der Waals surface area contributed by atoms with Gasteiger partial charge in [-0.05, 0) is 145 Å². The van der Waals surface area contributed by atoms with Gasteiger partial charge in [-0.25, -0.2) is 43.9 Å². The van der Waals surface area contributed by atoms with E-state index in [1.54, 1.807) is 57.5 Å². The molecule has 528 valence electrons. The van der Waals surface area contributed by atoms with Gasteiger partial charge in [0, 0.05) is 78.7 Å². The number of unbranched alkanes of at least 4 members (excludes halogenated alkanes) is 20. The summed E-state index contributed by atoms with van der Waals surface area (Å²) in [5.74, 6) is -19.4. The molecule has 0 aliphatic rings. The third-order valence-corrected chi connectivity index (χ3v) is 29.3. The fraction of sp³-hybridized carbons (Fsp3) is 0.390. The third-order valence-electron chi connectivity index (χ3n) is 19.1. The Bertz CT molecular complexity index is 4430. The molecule has 0 fully saturated rings. The van der Waals surface area contributed by atoms with E-state index in [9.17, 15) is 26.3 Å². The summed E-state index contributed by atoms with van der Waals surface area (Å²) in [5.41, 5.74) is 4.73. The highest BCUT2D eigenvalue weighted by molar-refractivity contribution is 7.36. The van der Waals surface area contributed by atoms with Crippen molar-refractivity contribution < 1.29 is 43.9 Å². The van der Waals surface area contributed by atoms with Crippen molar-refractivity contribution in [2.24, 2.45) is 0 Å². The predicted octanol–water partition coefficient (Wildman–Crippen LogP) is 32.0. The molecule has 8 aromatic heterocycles. The maximum atomic E-state index is 15.4. The number of aryl methyl sites for hydroxylation is 4. The summed E-state index contributed by atoms with van der Waals surface area (Å²) in [6, 6.07) is 30.0. The van der Waals surface area contributed by atoms with Crippen molar-refractivity contribution in [3.8, 4) is 80.8 Å². The second-order valence-electron chi connectivity index (χ2n) is 26.4. The molecule has 0 atom stereocenters. The second kappa shape index (κ2) is 34.4. The molecule has 0 saturated carbocycles. The van der Waals surface area contributed by atoms with Gasteiger partial charge in [0.15, 0.2) is 46.5 Å². The largest absolute Gasteiger partial charge is 0.203 e. The molecule has 0 N–H and O–H groups in total. The number of halogens is 10. The van der Waals surface area contributed by atoms with Crippen LogP contribution in [0.2, 0.25) is 0 Å². The van der Waals surface area contributed by atoms with Crippen molar-refractivity contribution >= 4 is 120 Å². The maximum absolute atomic E-state index is 15.4. The van der Waals surface area contributed by atoms with E-state index < -0.39 is 69.3 Å². The summed E-state index contributed by atoms with van der Waals surface area (Å²) in [6.07, 6.45) is 29.5. The minimum atomic E-state index is -2.16. The monoisotopic (exact) mass is 1510 g/mol. The zero-order valence-electron chi connectivity index (χ0n) is 56.9. The lowest BCUT2D eigenvalue weighted by Crippen LogP contribution is -2.03. The highest BCUT2D eigenvalue weighted by Crippen LogP contribution is 2.53. The zero-order chi connectivity index (χ0) is 70.1. The van der Waals surface area contributed by atoms with Crippen molar-refractivity contribution in [2.45, 2.75) is 207 Å². The van der Waals surface area contributed by atoms with Crippen LogP contribution in [0.15, 0.2) is 84.9 Å². The molecule has 0 unspecified atom stereocenters. The van der Waals surface area contributed by atoms with E-state index in [4.69, 9.17) is 0 Å². The molecule has 0 aliphatic heterocycles. The Kier molecular flexibility index (Phi) is 25.6. The topological polar surface area (TPSA) is 0 Å². The lowest BCUT2D eigenvalue weighted by atomic mass is 10.0. The van der Waals surface area contributed by atoms with Crippen LogP contribution < -0.4 is 0 Å². The van der Waals surface area contributed by atoms with E-state index >= 15 is 17.6 Å². The average Bonchev–Trinajstić information content (AvgIpc) is 1.60. The molecular weight excluding hydrogens is 1430 g/mol. The van der Waals surface area contributed by atoms with Gasteiger partial charge in [0.25, 0.3) is 0 Å². The molecule has 0 amide bonds. The summed E-state index contributed by atoms with van der Waals surface area (Å²) in [5, 5.41) is 2.43. The first kappa shape index (κ1) is 74.3. The molecule has 0 saturated heterocycles. The van der Waals surface area contributed by atoms with Crippen LogP contribution >= 0.6 is 90.7 Å². The number of thiophene rings is 8. The van der Waals surface area contributed by atoms with E-state index in [0.717, 1.165) is 200 Å². The van der Waals surface area contributed by atoms with Crippen molar-refractivity contribution in [2.75, 3.05) is 0 Å². The number of hydrogen-bond donors (Lipinski definition) is 0. The van der Waals surface area contributed by atoms with Crippen LogP contribution in [-0.4, -0.2) is 0 Å². The second-order valence-corrected chi connectivity index (χ2v) is 34.9. The van der Waals surface area contributed by atoms with Crippen LogP contribution in [0.1, 0.15) is 204 Å². The van der Waals surface area contributed by atoms with Gasteiger partial charge in [-0.1, -0.05) is 180 Å². The Morgan fingerprint density at radius 3 is 0.770 bits per heavy atom. The smallest absolute Gasteiger partial charge is 0.200 e. The Balaban J connectivity index is 0.842. The Labute approximate surface area is 612 Å². The number of benzene rings is 4. The van der Waals surface area contributed by atoms with Gasteiger partial charge in [-0.3, -0.25) is 0 Å². The lowest BCUT2D eigenvalue weighted by Gasteiger charge is -2.06. The van der Waals surface area contributed by atoms with E-state index in [-0.39, 0.29) is 9.75 Å². The van der Waals surface area contributed by atoms with Crippen LogP contribution in [-0.2, 0) is 25.7 Å². The number of hydrogen-bond acceptors (Lipinski definition) is 8. The minimum Gasteiger partial charge on any atom is -0.203 e. The molecule has 0 aliphatic carbocycles. The summed E-state index contributed by atoms with van der Waals surface area (Å²) in [6.45, 7) is 8.78. The normalized spacial score (nSPS) is 12.0. The van der Waals surface area contributed by atoms with Gasteiger partial charge >= 0.3 is 0 Å². The van der Waals surface area contributed by atoms with Crippen LogP contribution in [0.4, 0.5) is 43.9 Å². The Morgan fingerprint density at radius 2 is 0.480 bits per heavy atom. The third kappa shape index (κ3) is 16.2. The van der Waals surface area contributed by atoms with E-state index in [1.807, 2.05) is 34.8 Å². The first-order valence-corrected chi connectivity index (χ1v) is 42.3. The van der Waals surface area contributed by atoms with Gasteiger partial charge in [0.2, 0.25) is 11.6 Å². The number of fused-ring (bicyclic) bond motifs is 5. The Morgan fingerprint density at radius 1 is 0.230 bits per heavy atom. The first-order chi connectivity index (χ1) is 48.6. The molecule has 0 spiro atoms. The average molecular weight is 1510 g/mol. The minimum absolute atomic E-state index is 0.0201. The van der Waals surface area contributed by atoms with E-state index in [1.165, 1.54) is 102 Å². The Hall–Kier alpha value is -5.44. The van der Waals surface area contributed by atoms with E-state index in [2.05, 4.69) is 88.4 Å². The molecule has 0 radical (unpaired) electrons. The van der Waals surface area contributed by atoms with Crippen molar-refractivity contribution in [3.05, 3.63) is 165 Å². The summed E-state index contributed by atoms with van der Waals surface area (Å²) in [7, 11) is 0. The van der Waals surface area contributed by atoms with Gasteiger partial charge in [-0.15, -0.1) is 90.7 Å². The van der Waals surface area contributed by atoms with Crippen molar-refractivity contribution in [3.63, 3.8) is 0 Å². The molecule has 18 heteroatoms. The fourth-order valence-electron chi connectivity index (χ4n) is 13.6. The lowest BCUT2D eigenvalue weighted by molar-refractivity contribution is 0.381. The zero-order valence-corrected chi connectivity index (χ0v) is 63.5. The highest BCUT2D eigenvalue weighted by atomic mass is 32.1. The summed E-state index contributed by atoms with van der Waals surface area (Å²) < 4.78 is 154. The van der Waals surface area contributed by atoms with Crippen LogP contribution in [0.3, 0.4) is 0 Å². The van der Waals surface area contributed by atoms with Crippen LogP contribution in [0, 0.1) is 58.2 Å². The van der Waals surface area contributed by atoms with Gasteiger partial charge in [-0.2, -0.15) is 0 Å². The predicted molar refractivity (Wildman–Crippen MR) is 413 cm³/mol. The van der Waals surface area contributed by atoms with Gasteiger partial charge < -0.3 is 0 Å². The van der Waals surface area contributed by atoms with Crippen LogP contribution in [0.5, 0.6) is 0 Å². The van der Waals surface area contributed by atoms with Gasteiger partial charge in [0.05, 0.1) is 20.5 Å². The molecule has 8 heterocycles. The summed E-state index contributed by atoms with van der Waals surface area (Å²) >= 11 is 12.6. The SMILES string of the molecule is CCCCCCCCc1cc(-c2ccc3c(c2)sc2c4ccc(-c5cc(CCCCCCCC)c(-c6ccc(-c7sc(-c8c(F)c(F)c(F)c(F)c8F)cc7CCCCCCCC)s6)s5)cc4sc32)sc1-c1ccc(-c2sc(-c3c(F)c(F)c(F)c(F)c3F)cc2CCCCCCCC)s1. The summed E-state index contributed by atoms with van der Waals surface area (Å²) in [4.78, 5) is 10.2. The maximum Gasteiger partial charge on any atom is 0.200 e. The fourth-order valence-corrected chi connectivity index (χ4v) is 23.8. The van der Waals surface area contributed by atoms with Gasteiger partial charge in [0.1, 0.15) is 0 Å². The molecule has 4 aromatic carbocycles. The van der Waals surface area contributed by atoms with Crippen LogP contribution in [0.25, 0.3) is 110 Å².